The Balaban J connectivity index is -0.0000000448. The average Bonchev–Trinajstić information content (AvgIpc) is 3.34. The van der Waals surface area contributed by atoms with E-state index in [0.29, 0.717) is 5.82 Å². The van der Waals surface area contributed by atoms with E-state index in [2.05, 4.69) is 108 Å². The number of carbonyl (C=O) groups excluding carboxylic acids is 1. The molecule has 0 spiro atoms. The van der Waals surface area contributed by atoms with Crippen molar-refractivity contribution < 1.29 is 47.6 Å². The maximum atomic E-state index is 9.47. The molecule has 0 bridgehead atoms. The standard InChI is InChI=1S/C6H12N4O.2C6H19NSi2.C3H5N3.C3H7NO.5CH4.2Li/c1-9(2)6(11)5-7-4-8-10(5)3;2*1-8(2,3)7-9(4,5)6;1-6-3-4-2-5-6;1-4(2)3-5;;;;;;;/h4,6,11H,1-3H3;2*7H,1-6H3;2-3H,1H3;3H,1-2H3;5*1H4;;/q;;;;;;;;;;2*+1. The van der Waals surface area contributed by atoms with Crippen molar-refractivity contribution >= 4 is 39.4 Å². The van der Waals surface area contributed by atoms with Crippen LogP contribution in [0.3, 0.4) is 0 Å². The van der Waals surface area contributed by atoms with E-state index in [1.54, 1.807) is 55.8 Å². The molecule has 1 amide bonds. The number of aromatic nitrogens is 6. The number of rotatable bonds is 7. The van der Waals surface area contributed by atoms with Gasteiger partial charge >= 0.3 is 37.7 Å². The van der Waals surface area contributed by atoms with Gasteiger partial charge in [0.1, 0.15) is 51.9 Å². The van der Waals surface area contributed by atoms with Crippen molar-refractivity contribution in [1.82, 2.24) is 48.6 Å². The first kappa shape index (κ1) is 72.4. The van der Waals surface area contributed by atoms with Crippen molar-refractivity contribution in [3.63, 3.8) is 0 Å². The van der Waals surface area contributed by atoms with Gasteiger partial charge in [0.25, 0.3) is 0 Å². The molecule has 0 aromatic carbocycles. The smallest absolute Gasteiger partial charge is 0.371 e. The summed E-state index contributed by atoms with van der Waals surface area (Å²) >= 11 is 0. The predicted octanol–water partition coefficient (Wildman–Crippen LogP) is 0.567. The van der Waals surface area contributed by atoms with E-state index in [1.807, 2.05) is 7.05 Å². The molecule has 2 rings (SSSR count). The minimum Gasteiger partial charge on any atom is -0.371 e. The molecular weight excluding hydrogens is 647 g/mol. The Bertz CT molecular complexity index is 849. The molecule has 0 aliphatic heterocycles. The maximum absolute atomic E-state index is 9.47. The van der Waals surface area contributed by atoms with Gasteiger partial charge in [0, 0.05) is 28.2 Å². The number of amides is 1. The average molecular weight is 729 g/mol. The first-order valence-electron chi connectivity index (χ1n) is 13.4. The van der Waals surface area contributed by atoms with Crippen LogP contribution in [0.5, 0.6) is 0 Å². The fourth-order valence-corrected chi connectivity index (χ4v) is 21.3. The number of carbonyl (C=O) groups is 1. The number of nitrogens with zero attached hydrogens (tertiary/aromatic N) is 8. The molecular formula is C29H82Li2N10O2Si4+2. The molecule has 276 valence electrons. The monoisotopic (exact) mass is 729 g/mol. The van der Waals surface area contributed by atoms with Crippen LogP contribution in [-0.4, -0.2) is 112 Å². The Kier molecular flexibility index (Phi) is 52.5. The van der Waals surface area contributed by atoms with E-state index in [1.165, 1.54) is 17.6 Å². The van der Waals surface area contributed by atoms with E-state index in [9.17, 15) is 9.90 Å². The molecule has 1 atom stereocenters. The van der Waals surface area contributed by atoms with Gasteiger partial charge in [-0.15, -0.1) is 0 Å². The summed E-state index contributed by atoms with van der Waals surface area (Å²) in [7, 11) is 6.58. The summed E-state index contributed by atoms with van der Waals surface area (Å²) in [5, 5.41) is 17.0. The molecule has 3 N–H and O–H groups in total. The summed E-state index contributed by atoms with van der Waals surface area (Å²) in [5.74, 6) is 0.551. The van der Waals surface area contributed by atoms with Crippen LogP contribution >= 0.6 is 0 Å². The minimum atomic E-state index is -0.981. The third kappa shape index (κ3) is 58.2. The maximum Gasteiger partial charge on any atom is 1.00 e. The molecule has 18 heteroatoms. The summed E-state index contributed by atoms with van der Waals surface area (Å²) in [6, 6.07) is 0. The largest absolute Gasteiger partial charge is 1.00 e. The number of aryl methyl sites for hydroxylation is 2. The summed E-state index contributed by atoms with van der Waals surface area (Å²) in [6.45, 7) is 28.2. The van der Waals surface area contributed by atoms with E-state index < -0.39 is 39.2 Å². The molecule has 47 heavy (non-hydrogen) atoms. The van der Waals surface area contributed by atoms with Gasteiger partial charge < -0.3 is 19.3 Å². The van der Waals surface area contributed by atoms with Crippen molar-refractivity contribution in [1.29, 1.82) is 0 Å². The fraction of sp³-hybridized carbons (Fsp3) is 0.828. The number of hydrogen-bond donors (Lipinski definition) is 3. The molecule has 0 radical (unpaired) electrons. The molecule has 2 aromatic rings. The van der Waals surface area contributed by atoms with E-state index in [0.717, 1.165) is 6.41 Å². The summed E-state index contributed by atoms with van der Waals surface area (Å²) < 4.78 is 10.7. The number of aliphatic hydroxyl groups is 1. The van der Waals surface area contributed by atoms with Gasteiger partial charge in [-0.3, -0.25) is 14.4 Å². The summed E-state index contributed by atoms with van der Waals surface area (Å²) in [5.41, 5.74) is 0. The Morgan fingerprint density at radius 3 is 1.13 bits per heavy atom. The van der Waals surface area contributed by atoms with Gasteiger partial charge in [-0.25, -0.2) is 14.6 Å². The van der Waals surface area contributed by atoms with Gasteiger partial charge in [0.05, 0.1) is 0 Å². The minimum absolute atomic E-state index is 0. The quantitative estimate of drug-likeness (QED) is 0.213. The van der Waals surface area contributed by atoms with Crippen molar-refractivity contribution in [3.8, 4) is 0 Å². The van der Waals surface area contributed by atoms with Crippen molar-refractivity contribution in [2.24, 2.45) is 14.1 Å². The zero-order valence-corrected chi connectivity index (χ0v) is 34.8. The first-order chi connectivity index (χ1) is 17.7. The second-order valence-corrected chi connectivity index (χ2v) is 34.0. The van der Waals surface area contributed by atoms with Gasteiger partial charge in [0.2, 0.25) is 6.41 Å². The predicted molar refractivity (Wildman–Crippen MR) is 214 cm³/mol. The molecule has 12 nitrogen and oxygen atoms in total. The molecule has 0 aliphatic rings. The van der Waals surface area contributed by atoms with Crippen LogP contribution in [-0.2, 0) is 18.9 Å². The Hall–Kier alpha value is -0.348. The van der Waals surface area contributed by atoms with Crippen LogP contribution in [0.4, 0.5) is 0 Å². The van der Waals surface area contributed by atoms with Crippen LogP contribution in [0, 0.1) is 0 Å². The molecule has 0 saturated carbocycles. The van der Waals surface area contributed by atoms with Crippen molar-refractivity contribution in [2.45, 2.75) is 122 Å². The summed E-state index contributed by atoms with van der Waals surface area (Å²) in [6.07, 6.45) is 4.63. The zero-order valence-electron chi connectivity index (χ0n) is 30.8. The van der Waals surface area contributed by atoms with Crippen LogP contribution < -0.4 is 47.0 Å². The third-order valence-electron chi connectivity index (χ3n) is 3.71. The fourth-order valence-electron chi connectivity index (χ4n) is 3.29. The summed E-state index contributed by atoms with van der Waals surface area (Å²) in [4.78, 5) is 20.1. The number of aliphatic hydroxyl groups excluding tert-OH is 1. The van der Waals surface area contributed by atoms with Crippen molar-refractivity contribution in [3.05, 3.63) is 24.8 Å². The topological polar surface area (TPSA) is 129 Å². The van der Waals surface area contributed by atoms with Gasteiger partial charge in [-0.2, -0.15) is 10.2 Å². The molecule has 0 fully saturated rings. The molecule has 0 saturated heterocycles. The molecule has 1 unspecified atom stereocenters. The Morgan fingerprint density at radius 1 is 0.702 bits per heavy atom. The van der Waals surface area contributed by atoms with E-state index in [-0.39, 0.29) is 74.9 Å². The van der Waals surface area contributed by atoms with E-state index >= 15 is 0 Å². The number of nitrogens with one attached hydrogen (secondary N) is 2. The van der Waals surface area contributed by atoms with Gasteiger partial charge in [0.15, 0.2) is 12.1 Å². The van der Waals surface area contributed by atoms with E-state index in [4.69, 9.17) is 0 Å². The van der Waals surface area contributed by atoms with Crippen molar-refractivity contribution in [2.75, 3.05) is 28.2 Å². The van der Waals surface area contributed by atoms with Crippen LogP contribution in [0.1, 0.15) is 49.2 Å². The number of hydrogen-bond acceptors (Lipinski definition) is 9. The molecule has 2 heterocycles. The van der Waals surface area contributed by atoms with Crippen LogP contribution in [0.2, 0.25) is 78.6 Å². The zero-order chi connectivity index (χ0) is 32.5. The van der Waals surface area contributed by atoms with Gasteiger partial charge in [-0.1, -0.05) is 116 Å². The van der Waals surface area contributed by atoms with Crippen LogP contribution in [0.25, 0.3) is 0 Å². The Morgan fingerprint density at radius 2 is 1.02 bits per heavy atom. The Labute approximate surface area is 322 Å². The molecule has 0 aliphatic carbocycles. The molecule has 2 aromatic heterocycles. The van der Waals surface area contributed by atoms with Gasteiger partial charge in [-0.05, 0) is 14.1 Å². The second-order valence-electron chi connectivity index (χ2n) is 14.0. The van der Waals surface area contributed by atoms with Crippen LogP contribution in [0.15, 0.2) is 19.0 Å². The SMILES string of the molecule is C.C.C.C.C.CN(C)C(O)c1ncnn1C.CN(C)C=O.C[Si](C)(C)N[Si](C)(C)C.C[Si](C)(C)N[Si](C)(C)C.Cn1cncn1.[Li+].[Li+]. The normalized spacial score (nSPS) is 10.5. The third-order valence-corrected chi connectivity index (χ3v) is 15.7. The first-order valence-corrected chi connectivity index (χ1v) is 27.4. The second kappa shape index (κ2) is 34.1.